The molecule has 0 aromatic heterocycles. The number of likely N-dealkylation sites (tertiary alicyclic amines) is 1. The van der Waals surface area contributed by atoms with Crippen LogP contribution in [0.3, 0.4) is 0 Å². The lowest BCUT2D eigenvalue weighted by atomic mass is 9.87. The smallest absolute Gasteiger partial charge is 0.353 e. The van der Waals surface area contributed by atoms with E-state index in [2.05, 4.69) is 10.3 Å². The first-order chi connectivity index (χ1) is 17.5. The molecule has 1 aliphatic rings. The van der Waals surface area contributed by atoms with Gasteiger partial charge in [0, 0.05) is 37.5 Å². The highest BCUT2D eigenvalue weighted by atomic mass is 19.4. The van der Waals surface area contributed by atoms with E-state index >= 15 is 0 Å². The van der Waals surface area contributed by atoms with Crippen molar-refractivity contribution >= 4 is 18.0 Å². The van der Waals surface area contributed by atoms with Crippen LogP contribution in [0.4, 0.5) is 13.2 Å². The zero-order valence-corrected chi connectivity index (χ0v) is 21.6. The van der Waals surface area contributed by atoms with Gasteiger partial charge in [-0.05, 0) is 75.5 Å². The summed E-state index contributed by atoms with van der Waals surface area (Å²) in [6.07, 6.45) is -0.905. The molecule has 1 saturated heterocycles. The van der Waals surface area contributed by atoms with Crippen molar-refractivity contribution in [2.45, 2.75) is 38.4 Å². The SMILES string of the molecule is Cc1cc(C(=O)N2CCC(C=NCC(=O)NCCN(C)C)C[C@H]2Cc2ccccc2)cc(C(F)(F)F)c1. The predicted molar refractivity (Wildman–Crippen MR) is 139 cm³/mol. The third-order valence-electron chi connectivity index (χ3n) is 6.42. The van der Waals surface area contributed by atoms with Crippen LogP contribution < -0.4 is 5.32 Å². The Hall–Kier alpha value is -3.20. The molecule has 6 nitrogen and oxygen atoms in total. The Balaban J connectivity index is 1.73. The molecule has 1 fully saturated rings. The monoisotopic (exact) mass is 516 g/mol. The van der Waals surface area contributed by atoms with E-state index in [1.807, 2.05) is 49.3 Å². The van der Waals surface area contributed by atoms with Gasteiger partial charge in [0.25, 0.3) is 5.91 Å². The van der Waals surface area contributed by atoms with Crippen LogP contribution in [0.1, 0.15) is 39.9 Å². The lowest BCUT2D eigenvalue weighted by Gasteiger charge is -2.39. The summed E-state index contributed by atoms with van der Waals surface area (Å²) in [5.41, 5.74) is 0.667. The first kappa shape index (κ1) is 28.4. The zero-order valence-electron chi connectivity index (χ0n) is 21.6. The van der Waals surface area contributed by atoms with E-state index in [1.54, 1.807) is 18.0 Å². The topological polar surface area (TPSA) is 65.0 Å². The lowest BCUT2D eigenvalue weighted by Crippen LogP contribution is -2.47. The van der Waals surface area contributed by atoms with Crippen LogP contribution in [0.5, 0.6) is 0 Å². The molecular weight excluding hydrogens is 481 g/mol. The molecule has 0 aliphatic carbocycles. The van der Waals surface area contributed by atoms with E-state index in [4.69, 9.17) is 0 Å². The second-order valence-corrected chi connectivity index (χ2v) is 9.86. The Bertz CT molecular complexity index is 1090. The van der Waals surface area contributed by atoms with E-state index in [9.17, 15) is 22.8 Å². The Labute approximate surface area is 216 Å². The van der Waals surface area contributed by atoms with E-state index < -0.39 is 17.6 Å². The number of alkyl halides is 3. The molecule has 0 spiro atoms. The molecule has 2 atom stereocenters. The number of aryl methyl sites for hydroxylation is 1. The second-order valence-electron chi connectivity index (χ2n) is 9.86. The predicted octanol–water partition coefficient (Wildman–Crippen LogP) is 4.23. The van der Waals surface area contributed by atoms with Gasteiger partial charge in [0.1, 0.15) is 6.54 Å². The number of carbonyl (C=O) groups is 2. The molecule has 1 heterocycles. The van der Waals surface area contributed by atoms with Gasteiger partial charge in [-0.25, -0.2) is 0 Å². The number of aliphatic imine (C=N–C) groups is 1. The maximum Gasteiger partial charge on any atom is 0.416 e. The van der Waals surface area contributed by atoms with Crippen LogP contribution in [0.25, 0.3) is 0 Å². The van der Waals surface area contributed by atoms with Crippen molar-refractivity contribution in [2.75, 3.05) is 40.3 Å². The molecule has 2 aromatic rings. The number of piperidine rings is 1. The highest BCUT2D eigenvalue weighted by Gasteiger charge is 2.35. The van der Waals surface area contributed by atoms with Gasteiger partial charge in [0.05, 0.1) is 5.56 Å². The molecule has 0 bridgehead atoms. The van der Waals surface area contributed by atoms with E-state index in [1.165, 1.54) is 6.07 Å². The van der Waals surface area contributed by atoms with Gasteiger partial charge in [-0.1, -0.05) is 30.3 Å². The van der Waals surface area contributed by atoms with Crippen LogP contribution in [0.15, 0.2) is 53.5 Å². The van der Waals surface area contributed by atoms with Crippen molar-refractivity contribution in [2.24, 2.45) is 10.9 Å². The summed E-state index contributed by atoms with van der Waals surface area (Å²) >= 11 is 0. The van der Waals surface area contributed by atoms with E-state index in [-0.39, 0.29) is 30.0 Å². The van der Waals surface area contributed by atoms with Crippen LogP contribution in [0, 0.1) is 12.8 Å². The van der Waals surface area contributed by atoms with Gasteiger partial charge in [-0.15, -0.1) is 0 Å². The Morgan fingerprint density at radius 2 is 1.89 bits per heavy atom. The van der Waals surface area contributed by atoms with Crippen molar-refractivity contribution < 1.29 is 22.8 Å². The number of nitrogens with one attached hydrogen (secondary N) is 1. The molecule has 0 saturated carbocycles. The molecule has 1 unspecified atom stereocenters. The van der Waals surface area contributed by atoms with Gasteiger partial charge < -0.3 is 15.1 Å². The minimum absolute atomic E-state index is 0.0411. The minimum atomic E-state index is -4.52. The second kappa shape index (κ2) is 12.9. The number of carbonyl (C=O) groups excluding carboxylic acids is 2. The Morgan fingerprint density at radius 3 is 2.57 bits per heavy atom. The zero-order chi connectivity index (χ0) is 27.0. The molecule has 2 amide bonds. The molecule has 9 heteroatoms. The summed E-state index contributed by atoms with van der Waals surface area (Å²) in [6, 6.07) is 13.0. The third-order valence-corrected chi connectivity index (χ3v) is 6.42. The lowest BCUT2D eigenvalue weighted by molar-refractivity contribution is -0.137. The normalized spacial score (nSPS) is 18.4. The fourth-order valence-corrected chi connectivity index (χ4v) is 4.56. The molecule has 0 radical (unpaired) electrons. The van der Waals surface area contributed by atoms with Crippen LogP contribution in [0.2, 0.25) is 0 Å². The largest absolute Gasteiger partial charge is 0.416 e. The quantitative estimate of drug-likeness (QED) is 0.508. The van der Waals surface area contributed by atoms with Crippen LogP contribution in [-0.2, 0) is 17.4 Å². The van der Waals surface area contributed by atoms with Crippen molar-refractivity contribution in [1.29, 1.82) is 0 Å². The number of likely N-dealkylation sites (N-methyl/N-ethyl adjacent to an activating group) is 1. The molecule has 1 N–H and O–H groups in total. The van der Waals surface area contributed by atoms with E-state index in [0.29, 0.717) is 37.9 Å². The number of rotatable bonds is 9. The number of amides is 2. The van der Waals surface area contributed by atoms with Crippen molar-refractivity contribution in [3.05, 3.63) is 70.8 Å². The number of halogens is 3. The number of benzene rings is 2. The van der Waals surface area contributed by atoms with Gasteiger partial charge in [0.15, 0.2) is 0 Å². The fraction of sp³-hybridized carbons (Fsp3) is 0.464. The average Bonchev–Trinajstić information content (AvgIpc) is 2.83. The van der Waals surface area contributed by atoms with Crippen LogP contribution >= 0.6 is 0 Å². The summed E-state index contributed by atoms with van der Waals surface area (Å²) < 4.78 is 40.1. The molecule has 200 valence electrons. The first-order valence-corrected chi connectivity index (χ1v) is 12.5. The maximum absolute atomic E-state index is 13.5. The first-order valence-electron chi connectivity index (χ1n) is 12.5. The Morgan fingerprint density at radius 1 is 1.16 bits per heavy atom. The summed E-state index contributed by atoms with van der Waals surface area (Å²) in [4.78, 5) is 33.5. The molecular formula is C28H35F3N4O2. The van der Waals surface area contributed by atoms with Gasteiger partial charge in [0.2, 0.25) is 5.91 Å². The number of nitrogens with zero attached hydrogens (tertiary/aromatic N) is 3. The number of hydrogen-bond donors (Lipinski definition) is 1. The van der Waals surface area contributed by atoms with Gasteiger partial charge in [-0.3, -0.25) is 14.6 Å². The average molecular weight is 517 g/mol. The summed E-state index contributed by atoms with van der Waals surface area (Å²) in [7, 11) is 3.86. The summed E-state index contributed by atoms with van der Waals surface area (Å²) in [6.45, 7) is 3.30. The third kappa shape index (κ3) is 8.70. The standard InChI is InChI=1S/C28H35F3N4O2/c1-20-13-23(17-24(14-20)28(29,30)31)27(37)35-11-9-22(16-25(35)15-21-7-5-4-6-8-21)18-32-19-26(36)33-10-12-34(2)3/h4-8,13-14,17-18,22,25H,9-12,15-16,19H2,1-3H3,(H,33,36)/t22?,25-/m1/s1. The maximum atomic E-state index is 13.5. The summed E-state index contributed by atoms with van der Waals surface area (Å²) in [5.74, 6) is -0.479. The van der Waals surface area contributed by atoms with Crippen molar-refractivity contribution in [3.8, 4) is 0 Å². The van der Waals surface area contributed by atoms with Gasteiger partial charge in [-0.2, -0.15) is 13.2 Å². The fourth-order valence-electron chi connectivity index (χ4n) is 4.56. The minimum Gasteiger partial charge on any atom is -0.353 e. The molecule has 37 heavy (non-hydrogen) atoms. The number of hydrogen-bond acceptors (Lipinski definition) is 4. The highest BCUT2D eigenvalue weighted by Crippen LogP contribution is 2.32. The van der Waals surface area contributed by atoms with E-state index in [0.717, 1.165) is 24.2 Å². The van der Waals surface area contributed by atoms with Crippen molar-refractivity contribution in [1.82, 2.24) is 15.1 Å². The van der Waals surface area contributed by atoms with Crippen LogP contribution in [-0.4, -0.2) is 74.1 Å². The molecule has 2 aromatic carbocycles. The molecule has 3 rings (SSSR count). The molecule has 1 aliphatic heterocycles. The van der Waals surface area contributed by atoms with Crippen molar-refractivity contribution in [3.63, 3.8) is 0 Å². The van der Waals surface area contributed by atoms with Gasteiger partial charge >= 0.3 is 6.18 Å². The Kier molecular flexibility index (Phi) is 9.86. The summed E-state index contributed by atoms with van der Waals surface area (Å²) in [5, 5.41) is 2.83. The highest BCUT2D eigenvalue weighted by molar-refractivity contribution is 5.95.